The van der Waals surface area contributed by atoms with E-state index in [0.29, 0.717) is 27.9 Å². The molecule has 3 rings (SSSR count). The number of nitrogens with zero attached hydrogens (tertiary/aromatic N) is 1. The van der Waals surface area contributed by atoms with Gasteiger partial charge in [0.15, 0.2) is 11.6 Å². The molecule has 114 valence electrons. The molecule has 1 heterocycles. The van der Waals surface area contributed by atoms with Crippen LogP contribution < -0.4 is 9.47 Å². The van der Waals surface area contributed by atoms with Gasteiger partial charge in [0.05, 0.1) is 18.7 Å². The molecule has 0 saturated carbocycles. The van der Waals surface area contributed by atoms with Crippen LogP contribution in [0.25, 0.3) is 21.7 Å². The van der Waals surface area contributed by atoms with Gasteiger partial charge in [-0.05, 0) is 43.5 Å². The first-order valence-corrected chi connectivity index (χ1v) is 6.92. The molecule has 0 bridgehead atoms. The Morgan fingerprint density at radius 2 is 1.68 bits per heavy atom. The first kappa shape index (κ1) is 14.5. The first-order valence-electron chi connectivity index (χ1n) is 6.92. The van der Waals surface area contributed by atoms with Crippen molar-refractivity contribution in [1.82, 2.24) is 4.98 Å². The Hall–Kier alpha value is -2.43. The Morgan fingerprint density at radius 1 is 0.955 bits per heavy atom. The van der Waals surface area contributed by atoms with Gasteiger partial charge in [0.1, 0.15) is 5.75 Å². The summed E-state index contributed by atoms with van der Waals surface area (Å²) in [6, 6.07) is 7.58. The summed E-state index contributed by atoms with van der Waals surface area (Å²) in [5, 5.41) is 1.97. The Labute approximate surface area is 126 Å². The van der Waals surface area contributed by atoms with Crippen LogP contribution in [0.5, 0.6) is 11.6 Å². The van der Waals surface area contributed by atoms with Crippen LogP contribution >= 0.6 is 0 Å². The standard InChI is InChI=1S/C17H15F2NO2/c1-9(2)22-17-13-6-10(21-3)4-5-11(13)12-7-14(18)15(19)8-16(12)20-17/h4-9H,1-3H3. The largest absolute Gasteiger partial charge is 0.497 e. The van der Waals surface area contributed by atoms with Crippen molar-refractivity contribution in [2.24, 2.45) is 0 Å². The van der Waals surface area contributed by atoms with Crippen LogP contribution in [0.15, 0.2) is 30.3 Å². The monoisotopic (exact) mass is 303 g/mol. The number of methoxy groups -OCH3 is 1. The number of ether oxygens (including phenoxy) is 2. The second-order valence-corrected chi connectivity index (χ2v) is 5.28. The van der Waals surface area contributed by atoms with E-state index in [1.165, 1.54) is 0 Å². The van der Waals surface area contributed by atoms with Crippen molar-refractivity contribution >= 4 is 21.7 Å². The van der Waals surface area contributed by atoms with Crippen LogP contribution in [-0.2, 0) is 0 Å². The molecule has 2 aromatic carbocycles. The molecule has 0 unspecified atom stereocenters. The van der Waals surface area contributed by atoms with E-state index in [2.05, 4.69) is 4.98 Å². The maximum absolute atomic E-state index is 13.6. The number of fused-ring (bicyclic) bond motifs is 3. The molecule has 0 aliphatic heterocycles. The smallest absolute Gasteiger partial charge is 0.222 e. The van der Waals surface area contributed by atoms with Crippen molar-refractivity contribution in [2.75, 3.05) is 7.11 Å². The fraction of sp³-hybridized carbons (Fsp3) is 0.235. The Morgan fingerprint density at radius 3 is 2.36 bits per heavy atom. The summed E-state index contributed by atoms with van der Waals surface area (Å²) in [6.07, 6.45) is -0.0929. The van der Waals surface area contributed by atoms with Crippen LogP contribution in [-0.4, -0.2) is 18.2 Å². The zero-order valence-corrected chi connectivity index (χ0v) is 12.5. The minimum absolute atomic E-state index is 0.0929. The van der Waals surface area contributed by atoms with Crippen LogP contribution in [0.1, 0.15) is 13.8 Å². The van der Waals surface area contributed by atoms with Crippen LogP contribution in [0.3, 0.4) is 0 Å². The Balaban J connectivity index is 2.40. The third kappa shape index (κ3) is 2.43. The third-order valence-corrected chi connectivity index (χ3v) is 3.36. The molecule has 0 radical (unpaired) electrons. The number of halogens is 2. The first-order chi connectivity index (χ1) is 10.5. The molecule has 5 heteroatoms. The highest BCUT2D eigenvalue weighted by Crippen LogP contribution is 2.34. The van der Waals surface area contributed by atoms with E-state index in [-0.39, 0.29) is 6.10 Å². The van der Waals surface area contributed by atoms with E-state index in [1.54, 1.807) is 25.3 Å². The van der Waals surface area contributed by atoms with Gasteiger partial charge in [-0.15, -0.1) is 0 Å². The van der Waals surface area contributed by atoms with Crippen molar-refractivity contribution in [3.63, 3.8) is 0 Å². The van der Waals surface area contributed by atoms with Gasteiger partial charge >= 0.3 is 0 Å². The normalized spacial score (nSPS) is 11.4. The minimum Gasteiger partial charge on any atom is -0.497 e. The molecule has 3 aromatic rings. The van der Waals surface area contributed by atoms with Gasteiger partial charge in [-0.3, -0.25) is 0 Å². The van der Waals surface area contributed by atoms with Gasteiger partial charge in [0.2, 0.25) is 5.88 Å². The quantitative estimate of drug-likeness (QED) is 0.669. The van der Waals surface area contributed by atoms with Crippen molar-refractivity contribution in [3.05, 3.63) is 42.0 Å². The lowest BCUT2D eigenvalue weighted by Gasteiger charge is -2.14. The van der Waals surface area contributed by atoms with Gasteiger partial charge in [-0.1, -0.05) is 0 Å². The predicted octanol–water partition coefficient (Wildman–Crippen LogP) is 4.46. The second-order valence-electron chi connectivity index (χ2n) is 5.28. The minimum atomic E-state index is -0.927. The summed E-state index contributed by atoms with van der Waals surface area (Å²) in [5.41, 5.74) is 0.354. The van der Waals surface area contributed by atoms with Gasteiger partial charge in [0, 0.05) is 16.8 Å². The van der Waals surface area contributed by atoms with E-state index in [0.717, 1.165) is 17.5 Å². The lowest BCUT2D eigenvalue weighted by atomic mass is 10.1. The summed E-state index contributed by atoms with van der Waals surface area (Å²) in [7, 11) is 1.56. The lowest BCUT2D eigenvalue weighted by molar-refractivity contribution is 0.237. The van der Waals surface area contributed by atoms with E-state index in [1.807, 2.05) is 13.8 Å². The number of hydrogen-bond acceptors (Lipinski definition) is 3. The fourth-order valence-corrected chi connectivity index (χ4v) is 2.39. The van der Waals surface area contributed by atoms with E-state index in [4.69, 9.17) is 9.47 Å². The molecular formula is C17H15F2NO2. The highest BCUT2D eigenvalue weighted by molar-refractivity contribution is 6.08. The summed E-state index contributed by atoms with van der Waals surface area (Å²) in [6.45, 7) is 3.76. The maximum Gasteiger partial charge on any atom is 0.222 e. The molecule has 1 aromatic heterocycles. The maximum atomic E-state index is 13.6. The Kier molecular flexibility index (Phi) is 3.56. The summed E-state index contributed by atoms with van der Waals surface area (Å²) in [4.78, 5) is 4.34. The molecule has 0 amide bonds. The average Bonchev–Trinajstić information content (AvgIpc) is 2.48. The average molecular weight is 303 g/mol. The molecule has 0 aliphatic carbocycles. The molecule has 0 aliphatic rings. The molecule has 0 atom stereocenters. The number of pyridine rings is 1. The van der Waals surface area contributed by atoms with Gasteiger partial charge in [-0.25, -0.2) is 13.8 Å². The topological polar surface area (TPSA) is 31.4 Å². The number of rotatable bonds is 3. The molecule has 22 heavy (non-hydrogen) atoms. The molecule has 0 N–H and O–H groups in total. The molecule has 0 fully saturated rings. The zero-order chi connectivity index (χ0) is 15.9. The zero-order valence-electron chi connectivity index (χ0n) is 12.5. The number of hydrogen-bond donors (Lipinski definition) is 0. The molecular weight excluding hydrogens is 288 g/mol. The van der Waals surface area contributed by atoms with Gasteiger partial charge in [0.25, 0.3) is 0 Å². The SMILES string of the molecule is COc1ccc2c(c1)c(OC(C)C)nc1cc(F)c(F)cc12. The molecule has 0 spiro atoms. The third-order valence-electron chi connectivity index (χ3n) is 3.36. The highest BCUT2D eigenvalue weighted by atomic mass is 19.2. The lowest BCUT2D eigenvalue weighted by Crippen LogP contribution is -2.07. The summed E-state index contributed by atoms with van der Waals surface area (Å²) < 4.78 is 38.0. The molecule has 0 saturated heterocycles. The van der Waals surface area contributed by atoms with Crippen LogP contribution in [0, 0.1) is 11.6 Å². The van der Waals surface area contributed by atoms with Gasteiger partial charge < -0.3 is 9.47 Å². The fourth-order valence-electron chi connectivity index (χ4n) is 2.39. The molecule has 3 nitrogen and oxygen atoms in total. The van der Waals surface area contributed by atoms with E-state index < -0.39 is 11.6 Å². The summed E-state index contributed by atoms with van der Waals surface area (Å²) >= 11 is 0. The number of aromatic nitrogens is 1. The predicted molar refractivity (Wildman–Crippen MR) is 81.5 cm³/mol. The summed E-state index contributed by atoms with van der Waals surface area (Å²) in [5.74, 6) is -0.806. The van der Waals surface area contributed by atoms with E-state index >= 15 is 0 Å². The Bertz CT molecular complexity index is 862. The van der Waals surface area contributed by atoms with Crippen molar-refractivity contribution in [3.8, 4) is 11.6 Å². The van der Waals surface area contributed by atoms with Crippen molar-refractivity contribution in [2.45, 2.75) is 20.0 Å². The number of benzene rings is 2. The van der Waals surface area contributed by atoms with Crippen LogP contribution in [0.4, 0.5) is 8.78 Å². The van der Waals surface area contributed by atoms with Crippen molar-refractivity contribution in [1.29, 1.82) is 0 Å². The highest BCUT2D eigenvalue weighted by Gasteiger charge is 2.14. The van der Waals surface area contributed by atoms with Gasteiger partial charge in [-0.2, -0.15) is 0 Å². The van der Waals surface area contributed by atoms with Crippen molar-refractivity contribution < 1.29 is 18.3 Å². The van der Waals surface area contributed by atoms with E-state index in [9.17, 15) is 8.78 Å². The van der Waals surface area contributed by atoms with Crippen LogP contribution in [0.2, 0.25) is 0 Å². The second kappa shape index (κ2) is 5.40.